The number of hydrogen-bond donors (Lipinski definition) is 1. The van der Waals surface area contributed by atoms with Crippen molar-refractivity contribution in [2.75, 3.05) is 0 Å². The Bertz CT molecular complexity index is 387. The van der Waals surface area contributed by atoms with Gasteiger partial charge in [0.25, 0.3) is 5.16 Å². The molecule has 0 aliphatic rings. The Morgan fingerprint density at radius 1 is 1.36 bits per heavy atom. The topological polar surface area (TPSA) is 75.7 Å². The maximum Gasteiger partial charge on any atom is 0.368 e. The number of aromatic nitrogens is 3. The van der Waals surface area contributed by atoms with Crippen LogP contribution >= 0.6 is 0 Å². The third-order valence-electron chi connectivity index (χ3n) is 1.76. The van der Waals surface area contributed by atoms with Crippen molar-refractivity contribution in [1.29, 1.82) is 0 Å². The highest BCUT2D eigenvalue weighted by Crippen LogP contribution is 2.07. The van der Waals surface area contributed by atoms with Gasteiger partial charge in [-0.05, 0) is 6.42 Å². The van der Waals surface area contributed by atoms with E-state index in [1.807, 2.05) is 0 Å². The highest BCUT2D eigenvalue weighted by atomic mass is 32.3. The summed E-state index contributed by atoms with van der Waals surface area (Å²) >= 11 is 0. The molecule has 1 rings (SSSR count). The van der Waals surface area contributed by atoms with Crippen molar-refractivity contribution in [2.24, 2.45) is 0 Å². The Balaban J connectivity index is 2.60. The zero-order chi connectivity index (χ0) is 10.6. The summed E-state index contributed by atoms with van der Waals surface area (Å²) in [5.41, 5.74) is 0. The number of H-pyrrole nitrogens is 1. The number of nitrogens with zero attached hydrogens (tertiary/aromatic N) is 2. The molecule has 0 atom stereocenters. The standard InChI is InChI=1S/C7H12FN3O2S/c1-2-3-4-5-6-9-7(11-10-6)14(8,12)13/h2-5H2,1H3,(H,9,10,11). The first kappa shape index (κ1) is 11.1. The Morgan fingerprint density at radius 2 is 2.07 bits per heavy atom. The Hall–Kier alpha value is -0.980. The van der Waals surface area contributed by atoms with Crippen molar-refractivity contribution in [3.63, 3.8) is 0 Å². The van der Waals surface area contributed by atoms with Gasteiger partial charge in [-0.2, -0.15) is 8.42 Å². The molecule has 0 saturated heterocycles. The molecule has 1 N–H and O–H groups in total. The quantitative estimate of drug-likeness (QED) is 0.598. The van der Waals surface area contributed by atoms with Crippen molar-refractivity contribution >= 4 is 10.2 Å². The van der Waals surface area contributed by atoms with Crippen molar-refractivity contribution < 1.29 is 12.3 Å². The van der Waals surface area contributed by atoms with E-state index in [1.54, 1.807) is 0 Å². The molecule has 14 heavy (non-hydrogen) atoms. The predicted molar refractivity (Wildman–Crippen MR) is 47.9 cm³/mol. The summed E-state index contributed by atoms with van der Waals surface area (Å²) in [5, 5.41) is 6.02. The average Bonchev–Trinajstić information content (AvgIpc) is 2.52. The van der Waals surface area contributed by atoms with Gasteiger partial charge in [-0.3, -0.25) is 0 Å². The lowest BCUT2D eigenvalue weighted by atomic mass is 10.2. The molecule has 0 aliphatic heterocycles. The molecule has 5 nitrogen and oxygen atoms in total. The number of rotatable bonds is 5. The minimum absolute atomic E-state index is 0.412. The van der Waals surface area contributed by atoms with Gasteiger partial charge in [0.15, 0.2) is 0 Å². The first-order chi connectivity index (χ1) is 6.54. The van der Waals surface area contributed by atoms with E-state index in [2.05, 4.69) is 22.1 Å². The van der Waals surface area contributed by atoms with E-state index >= 15 is 0 Å². The Morgan fingerprint density at radius 3 is 2.57 bits per heavy atom. The molecular weight excluding hydrogens is 209 g/mol. The molecule has 0 radical (unpaired) electrons. The van der Waals surface area contributed by atoms with Crippen LogP contribution in [-0.4, -0.2) is 23.6 Å². The number of hydrogen-bond acceptors (Lipinski definition) is 4. The lowest BCUT2D eigenvalue weighted by molar-refractivity contribution is 0.542. The molecule has 0 aromatic carbocycles. The lowest BCUT2D eigenvalue weighted by Gasteiger charge is -1.92. The van der Waals surface area contributed by atoms with Crippen LogP contribution < -0.4 is 0 Å². The number of aryl methyl sites for hydroxylation is 1. The van der Waals surface area contributed by atoms with Crippen LogP contribution in [0.25, 0.3) is 0 Å². The molecule has 1 aromatic rings. The predicted octanol–water partition coefficient (Wildman–Crippen LogP) is 1.20. The molecular formula is C7H12FN3O2S. The van der Waals surface area contributed by atoms with E-state index in [0.29, 0.717) is 12.2 Å². The third-order valence-corrected chi connectivity index (χ3v) is 2.41. The molecule has 0 aliphatic carbocycles. The third kappa shape index (κ3) is 3.06. The molecule has 0 fully saturated rings. The Labute approximate surface area is 82.0 Å². The van der Waals surface area contributed by atoms with Crippen LogP contribution in [0.4, 0.5) is 3.89 Å². The van der Waals surface area contributed by atoms with E-state index in [1.165, 1.54) is 0 Å². The summed E-state index contributed by atoms with van der Waals surface area (Å²) in [6.07, 6.45) is 3.56. The van der Waals surface area contributed by atoms with Crippen LogP contribution in [0.1, 0.15) is 32.0 Å². The van der Waals surface area contributed by atoms with Gasteiger partial charge in [0.2, 0.25) is 0 Å². The second-order valence-corrected chi connectivity index (χ2v) is 4.23. The fraction of sp³-hybridized carbons (Fsp3) is 0.714. The fourth-order valence-corrected chi connectivity index (χ4v) is 1.42. The summed E-state index contributed by atoms with van der Waals surface area (Å²) < 4.78 is 33.1. The van der Waals surface area contributed by atoms with Gasteiger partial charge in [0, 0.05) is 6.42 Å². The number of unbranched alkanes of at least 4 members (excludes halogenated alkanes) is 2. The number of aromatic amines is 1. The molecule has 0 spiro atoms. The van der Waals surface area contributed by atoms with Gasteiger partial charge in [0.1, 0.15) is 5.82 Å². The van der Waals surface area contributed by atoms with Crippen LogP contribution in [0, 0.1) is 0 Å². The molecule has 1 aromatic heterocycles. The van der Waals surface area contributed by atoms with E-state index < -0.39 is 15.4 Å². The van der Waals surface area contributed by atoms with Crippen LogP contribution in [-0.2, 0) is 16.6 Å². The van der Waals surface area contributed by atoms with Gasteiger partial charge in [0.05, 0.1) is 0 Å². The molecule has 0 saturated carbocycles. The molecule has 0 bridgehead atoms. The van der Waals surface area contributed by atoms with Crippen LogP contribution in [0.2, 0.25) is 0 Å². The van der Waals surface area contributed by atoms with Crippen molar-refractivity contribution in [3.05, 3.63) is 5.82 Å². The largest absolute Gasteiger partial charge is 0.368 e. The van der Waals surface area contributed by atoms with Gasteiger partial charge >= 0.3 is 10.2 Å². The first-order valence-electron chi connectivity index (χ1n) is 4.40. The minimum Gasteiger partial charge on any atom is -0.314 e. The number of nitrogens with one attached hydrogen (secondary N) is 1. The van der Waals surface area contributed by atoms with Gasteiger partial charge < -0.3 is 4.98 Å². The lowest BCUT2D eigenvalue weighted by Crippen LogP contribution is -1.95. The van der Waals surface area contributed by atoms with Crippen LogP contribution in [0.5, 0.6) is 0 Å². The molecule has 1 heterocycles. The first-order valence-corrected chi connectivity index (χ1v) is 5.78. The summed E-state index contributed by atoms with van der Waals surface area (Å²) in [6, 6.07) is 0. The van der Waals surface area contributed by atoms with E-state index in [-0.39, 0.29) is 0 Å². The molecule has 0 amide bonds. The fourth-order valence-electron chi connectivity index (χ4n) is 1.04. The average molecular weight is 221 g/mol. The second kappa shape index (κ2) is 4.50. The van der Waals surface area contributed by atoms with Crippen LogP contribution in [0.15, 0.2) is 5.16 Å². The molecule has 0 unspecified atom stereocenters. The van der Waals surface area contributed by atoms with Crippen molar-refractivity contribution in [3.8, 4) is 0 Å². The molecule has 7 heteroatoms. The van der Waals surface area contributed by atoms with Crippen molar-refractivity contribution in [2.45, 2.75) is 37.8 Å². The number of halogens is 1. The summed E-state index contributed by atoms with van der Waals surface area (Å²) in [4.78, 5) is 2.33. The highest BCUT2D eigenvalue weighted by Gasteiger charge is 2.17. The maximum absolute atomic E-state index is 12.4. The smallest absolute Gasteiger partial charge is 0.314 e. The normalized spacial score (nSPS) is 11.9. The SMILES string of the molecule is CCCCCc1nnc(S(=O)(=O)F)[nH]1. The van der Waals surface area contributed by atoms with E-state index in [9.17, 15) is 12.3 Å². The van der Waals surface area contributed by atoms with Gasteiger partial charge in [-0.25, -0.2) is 0 Å². The maximum atomic E-state index is 12.4. The van der Waals surface area contributed by atoms with E-state index in [4.69, 9.17) is 0 Å². The van der Waals surface area contributed by atoms with Crippen LogP contribution in [0.3, 0.4) is 0 Å². The van der Waals surface area contributed by atoms with Gasteiger partial charge in [-0.1, -0.05) is 23.7 Å². The highest BCUT2D eigenvalue weighted by molar-refractivity contribution is 7.86. The second-order valence-electron chi connectivity index (χ2n) is 2.97. The summed E-state index contributed by atoms with van der Waals surface area (Å²) in [6.45, 7) is 2.05. The van der Waals surface area contributed by atoms with Gasteiger partial charge in [-0.15, -0.1) is 10.2 Å². The zero-order valence-electron chi connectivity index (χ0n) is 7.83. The van der Waals surface area contributed by atoms with E-state index in [0.717, 1.165) is 19.3 Å². The monoisotopic (exact) mass is 221 g/mol. The minimum atomic E-state index is -4.74. The Kier molecular flexibility index (Phi) is 3.56. The summed E-state index contributed by atoms with van der Waals surface area (Å²) in [5.74, 6) is 0.412. The summed E-state index contributed by atoms with van der Waals surface area (Å²) in [7, 11) is -4.74. The van der Waals surface area contributed by atoms with Crippen molar-refractivity contribution in [1.82, 2.24) is 15.2 Å². The zero-order valence-corrected chi connectivity index (χ0v) is 8.64. The molecule has 80 valence electrons.